The van der Waals surface area contributed by atoms with E-state index in [9.17, 15) is 18.8 Å². The number of rotatable bonds is 6. The molecule has 4 rings (SSSR count). The van der Waals surface area contributed by atoms with Crippen molar-refractivity contribution in [2.45, 2.75) is 12.5 Å². The summed E-state index contributed by atoms with van der Waals surface area (Å²) in [6.07, 6.45) is 3.61. The van der Waals surface area contributed by atoms with Gasteiger partial charge in [-0.05, 0) is 42.8 Å². The summed E-state index contributed by atoms with van der Waals surface area (Å²) in [6, 6.07) is 11.7. The Balaban J connectivity index is 1.32. The number of likely N-dealkylation sites (tertiary alicyclic amines) is 1. The molecule has 0 saturated carbocycles. The molecule has 1 unspecified atom stereocenters. The van der Waals surface area contributed by atoms with Crippen LogP contribution < -0.4 is 16.2 Å². The first kappa shape index (κ1) is 22.6. The van der Waals surface area contributed by atoms with E-state index in [1.54, 1.807) is 24.3 Å². The van der Waals surface area contributed by atoms with E-state index in [-0.39, 0.29) is 29.6 Å². The highest BCUT2D eigenvalue weighted by atomic mass is 35.5. The normalized spacial score (nSPS) is 15.9. The van der Waals surface area contributed by atoms with Crippen LogP contribution in [-0.4, -0.2) is 51.9 Å². The van der Waals surface area contributed by atoms with Gasteiger partial charge in [0.1, 0.15) is 11.6 Å². The lowest BCUT2D eigenvalue weighted by atomic mass is 10.1. The monoisotopic (exact) mass is 469 g/mol. The van der Waals surface area contributed by atoms with Gasteiger partial charge in [0.05, 0.1) is 22.8 Å². The van der Waals surface area contributed by atoms with E-state index in [2.05, 4.69) is 15.6 Å². The largest absolute Gasteiger partial charge is 0.348 e. The van der Waals surface area contributed by atoms with Crippen LogP contribution in [0.15, 0.2) is 65.7 Å². The number of anilines is 1. The Kier molecular flexibility index (Phi) is 6.81. The Morgan fingerprint density at radius 1 is 1.18 bits per heavy atom. The SMILES string of the molecule is O=C(CN1CCC(NC(=O)c2ccc(-n3ccccc3=O)cc2F)C1)Nc1ccc(Cl)cn1. The highest BCUT2D eigenvalue weighted by Gasteiger charge is 2.26. The molecule has 1 atom stereocenters. The van der Waals surface area contributed by atoms with Crippen LogP contribution in [-0.2, 0) is 4.79 Å². The van der Waals surface area contributed by atoms with Crippen molar-refractivity contribution in [2.75, 3.05) is 25.0 Å². The molecular weight excluding hydrogens is 449 g/mol. The van der Waals surface area contributed by atoms with Gasteiger partial charge in [0.2, 0.25) is 5.91 Å². The summed E-state index contributed by atoms with van der Waals surface area (Å²) in [6.45, 7) is 1.22. The molecule has 33 heavy (non-hydrogen) atoms. The second-order valence-corrected chi connectivity index (χ2v) is 8.11. The zero-order chi connectivity index (χ0) is 23.4. The molecule has 1 aromatic carbocycles. The zero-order valence-electron chi connectivity index (χ0n) is 17.5. The third kappa shape index (κ3) is 5.63. The van der Waals surface area contributed by atoms with Gasteiger partial charge in [-0.2, -0.15) is 0 Å². The number of hydrogen-bond acceptors (Lipinski definition) is 5. The standard InChI is InChI=1S/C23H21ClFN5O3/c24-15-4-7-20(26-12-15)28-21(31)14-29-10-8-16(13-29)27-23(33)18-6-5-17(11-19(18)25)30-9-2-1-3-22(30)32/h1-7,9,11-12,16H,8,10,13-14H2,(H,27,33)(H,26,28,31). The van der Waals surface area contributed by atoms with Gasteiger partial charge in [0.25, 0.3) is 11.5 Å². The maximum absolute atomic E-state index is 14.6. The smallest absolute Gasteiger partial charge is 0.255 e. The highest BCUT2D eigenvalue weighted by molar-refractivity contribution is 6.30. The van der Waals surface area contributed by atoms with Crippen molar-refractivity contribution in [1.82, 2.24) is 19.8 Å². The number of aromatic nitrogens is 2. The number of pyridine rings is 2. The average molecular weight is 470 g/mol. The maximum atomic E-state index is 14.6. The second kappa shape index (κ2) is 9.93. The quantitative estimate of drug-likeness (QED) is 0.578. The topological polar surface area (TPSA) is 96.3 Å². The van der Waals surface area contributed by atoms with Gasteiger partial charge in [-0.25, -0.2) is 9.37 Å². The second-order valence-electron chi connectivity index (χ2n) is 7.68. The van der Waals surface area contributed by atoms with Crippen LogP contribution in [0.4, 0.5) is 10.2 Å². The molecule has 0 bridgehead atoms. The lowest BCUT2D eigenvalue weighted by Gasteiger charge is -2.16. The minimum atomic E-state index is -0.717. The van der Waals surface area contributed by atoms with E-state index in [0.717, 1.165) is 6.07 Å². The lowest BCUT2D eigenvalue weighted by molar-refractivity contribution is -0.117. The van der Waals surface area contributed by atoms with Crippen molar-refractivity contribution in [3.05, 3.63) is 87.7 Å². The number of hydrogen-bond donors (Lipinski definition) is 2. The molecule has 0 spiro atoms. The molecular formula is C23H21ClFN5O3. The molecule has 2 amide bonds. The molecule has 1 aliphatic heterocycles. The van der Waals surface area contributed by atoms with Gasteiger partial charge >= 0.3 is 0 Å². The zero-order valence-corrected chi connectivity index (χ0v) is 18.3. The highest BCUT2D eigenvalue weighted by Crippen LogP contribution is 2.16. The van der Waals surface area contributed by atoms with Crippen LogP contribution >= 0.6 is 11.6 Å². The van der Waals surface area contributed by atoms with Crippen molar-refractivity contribution in [2.24, 2.45) is 0 Å². The lowest BCUT2D eigenvalue weighted by Crippen LogP contribution is -2.39. The Labute approximate surface area is 194 Å². The minimum Gasteiger partial charge on any atom is -0.348 e. The van der Waals surface area contributed by atoms with Crippen LogP contribution in [0.5, 0.6) is 0 Å². The Morgan fingerprint density at radius 2 is 2.03 bits per heavy atom. The Morgan fingerprint density at radius 3 is 2.76 bits per heavy atom. The first-order chi connectivity index (χ1) is 15.9. The predicted octanol–water partition coefficient (Wildman–Crippen LogP) is 2.47. The van der Waals surface area contributed by atoms with Gasteiger partial charge in [0, 0.05) is 37.6 Å². The first-order valence-corrected chi connectivity index (χ1v) is 10.7. The third-order valence-corrected chi connectivity index (χ3v) is 5.49. The van der Waals surface area contributed by atoms with Gasteiger partial charge < -0.3 is 10.6 Å². The van der Waals surface area contributed by atoms with Crippen LogP contribution in [0.3, 0.4) is 0 Å². The Bertz CT molecular complexity index is 1230. The van der Waals surface area contributed by atoms with Crippen molar-refractivity contribution >= 4 is 29.2 Å². The minimum absolute atomic E-state index is 0.104. The van der Waals surface area contributed by atoms with Crippen LogP contribution in [0.2, 0.25) is 5.02 Å². The number of nitrogens with zero attached hydrogens (tertiary/aromatic N) is 3. The molecule has 2 aromatic heterocycles. The summed E-state index contributed by atoms with van der Waals surface area (Å²) in [4.78, 5) is 42.7. The van der Waals surface area contributed by atoms with E-state index < -0.39 is 11.7 Å². The van der Waals surface area contributed by atoms with Gasteiger partial charge in [0.15, 0.2) is 0 Å². The number of halogens is 2. The molecule has 0 aliphatic carbocycles. The molecule has 10 heteroatoms. The fourth-order valence-electron chi connectivity index (χ4n) is 3.67. The van der Waals surface area contributed by atoms with E-state index in [4.69, 9.17) is 11.6 Å². The molecule has 2 N–H and O–H groups in total. The fraction of sp³-hybridized carbons (Fsp3) is 0.217. The van der Waals surface area contributed by atoms with Gasteiger partial charge in [-0.15, -0.1) is 0 Å². The molecule has 3 aromatic rings. The number of carbonyl (C=O) groups is 2. The van der Waals surface area contributed by atoms with Crippen LogP contribution in [0.25, 0.3) is 5.69 Å². The number of nitrogens with one attached hydrogen (secondary N) is 2. The van der Waals surface area contributed by atoms with Crippen molar-refractivity contribution < 1.29 is 14.0 Å². The summed E-state index contributed by atoms with van der Waals surface area (Å²) in [5.41, 5.74) is -0.0633. The third-order valence-electron chi connectivity index (χ3n) is 5.27. The fourth-order valence-corrected chi connectivity index (χ4v) is 3.78. The first-order valence-electron chi connectivity index (χ1n) is 10.3. The molecule has 0 radical (unpaired) electrons. The number of amides is 2. The average Bonchev–Trinajstić information content (AvgIpc) is 3.22. The molecule has 170 valence electrons. The predicted molar refractivity (Wildman–Crippen MR) is 122 cm³/mol. The molecule has 1 fully saturated rings. The Hall–Kier alpha value is -3.56. The summed E-state index contributed by atoms with van der Waals surface area (Å²) in [5.74, 6) is -1.08. The number of benzene rings is 1. The summed E-state index contributed by atoms with van der Waals surface area (Å²) in [7, 11) is 0. The van der Waals surface area contributed by atoms with Crippen molar-refractivity contribution in [3.8, 4) is 5.69 Å². The van der Waals surface area contributed by atoms with Crippen molar-refractivity contribution in [3.63, 3.8) is 0 Å². The van der Waals surface area contributed by atoms with E-state index in [1.807, 2.05) is 4.90 Å². The number of carbonyl (C=O) groups excluding carboxylic acids is 2. The molecule has 1 aliphatic rings. The van der Waals surface area contributed by atoms with E-state index >= 15 is 0 Å². The molecule has 8 nitrogen and oxygen atoms in total. The van der Waals surface area contributed by atoms with Crippen LogP contribution in [0, 0.1) is 5.82 Å². The molecule has 1 saturated heterocycles. The summed E-state index contributed by atoms with van der Waals surface area (Å²) < 4.78 is 15.9. The molecule has 3 heterocycles. The van der Waals surface area contributed by atoms with Gasteiger partial charge in [-0.1, -0.05) is 17.7 Å². The van der Waals surface area contributed by atoms with Crippen LogP contribution in [0.1, 0.15) is 16.8 Å². The van der Waals surface area contributed by atoms with Crippen molar-refractivity contribution in [1.29, 1.82) is 0 Å². The van der Waals surface area contributed by atoms with Gasteiger partial charge in [-0.3, -0.25) is 23.9 Å². The summed E-state index contributed by atoms with van der Waals surface area (Å²) in [5, 5.41) is 5.99. The van der Waals surface area contributed by atoms with E-state index in [1.165, 1.54) is 35.2 Å². The maximum Gasteiger partial charge on any atom is 0.255 e. The van der Waals surface area contributed by atoms with E-state index in [0.29, 0.717) is 36.0 Å². The summed E-state index contributed by atoms with van der Waals surface area (Å²) >= 11 is 5.78.